The van der Waals surface area contributed by atoms with Crippen LogP contribution in [0.4, 0.5) is 20.3 Å². The first-order valence-corrected chi connectivity index (χ1v) is 15.0. The number of nitrogens with one attached hydrogen (secondary N) is 1. The molecule has 0 unspecified atom stereocenters. The summed E-state index contributed by atoms with van der Waals surface area (Å²) in [4.78, 5) is 38.9. The van der Waals surface area contributed by atoms with E-state index in [0.717, 1.165) is 18.2 Å². The van der Waals surface area contributed by atoms with Crippen molar-refractivity contribution >= 4 is 55.7 Å². The number of ether oxygens (including phenoxy) is 1. The van der Waals surface area contributed by atoms with E-state index in [1.54, 1.807) is 9.80 Å². The monoisotopic (exact) mass is 643 g/mol. The molecule has 1 aliphatic heterocycles. The van der Waals surface area contributed by atoms with Gasteiger partial charge in [0.25, 0.3) is 10.0 Å². The molecule has 1 fully saturated rings. The number of fused-ring (bicyclic) bond motifs is 1. The van der Waals surface area contributed by atoms with Gasteiger partial charge in [-0.05, 0) is 49.4 Å². The van der Waals surface area contributed by atoms with E-state index in [0.29, 0.717) is 0 Å². The van der Waals surface area contributed by atoms with Crippen LogP contribution in [-0.2, 0) is 19.6 Å². The maximum atomic E-state index is 16.4. The molecule has 4 aromatic rings. The number of anilines is 2. The minimum atomic E-state index is -4.34. The number of ketones is 1. The third-order valence-corrected chi connectivity index (χ3v) is 8.65. The van der Waals surface area contributed by atoms with Gasteiger partial charge in [0, 0.05) is 49.6 Å². The third kappa shape index (κ3) is 6.31. The van der Waals surface area contributed by atoms with E-state index in [1.165, 1.54) is 50.6 Å². The van der Waals surface area contributed by atoms with E-state index in [4.69, 9.17) is 17.7 Å². The molecule has 1 amide bonds. The van der Waals surface area contributed by atoms with Crippen LogP contribution >= 0.6 is 11.6 Å². The fourth-order valence-corrected chi connectivity index (χ4v) is 6.25. The van der Waals surface area contributed by atoms with Crippen LogP contribution in [0.2, 0.25) is 5.02 Å². The summed E-state index contributed by atoms with van der Waals surface area (Å²) in [6.07, 6.45) is 3.37. The Kier molecular flexibility index (Phi) is 8.35. The van der Waals surface area contributed by atoms with Gasteiger partial charge in [0.05, 0.1) is 23.0 Å². The summed E-state index contributed by atoms with van der Waals surface area (Å²) in [5.74, 6) is -2.00. The van der Waals surface area contributed by atoms with E-state index in [1.807, 2.05) is 0 Å². The molecule has 3 heterocycles. The van der Waals surface area contributed by atoms with E-state index in [-0.39, 0.29) is 93.5 Å². The van der Waals surface area contributed by atoms with Gasteiger partial charge in [-0.25, -0.2) is 32.2 Å². The van der Waals surface area contributed by atoms with Crippen molar-refractivity contribution in [3.05, 3.63) is 77.7 Å². The number of carbonyl (C=O) groups is 2. The summed E-state index contributed by atoms with van der Waals surface area (Å²) >= 11 is 5.98. The second-order valence-electron chi connectivity index (χ2n) is 9.69. The maximum Gasteiger partial charge on any atom is 0.263 e. The van der Waals surface area contributed by atoms with Crippen LogP contribution in [0.3, 0.4) is 0 Å². The number of piperazine rings is 1. The molecule has 11 nitrogen and oxygen atoms in total. The van der Waals surface area contributed by atoms with Crippen molar-refractivity contribution < 1.29 is 32.9 Å². The third-order valence-electron chi connectivity index (χ3n) is 6.80. The zero-order valence-corrected chi connectivity index (χ0v) is 24.9. The Morgan fingerprint density at radius 2 is 1.82 bits per heavy atom. The van der Waals surface area contributed by atoms with Crippen LogP contribution in [0.5, 0.6) is 5.88 Å². The highest BCUT2D eigenvalue weighted by atomic mass is 35.5. The molecule has 1 saturated heterocycles. The molecule has 0 atom stereocenters. The van der Waals surface area contributed by atoms with Crippen molar-refractivity contribution in [1.29, 1.82) is 0 Å². The van der Waals surface area contributed by atoms with Gasteiger partial charge >= 0.3 is 0 Å². The zero-order valence-electron chi connectivity index (χ0n) is 24.3. The van der Waals surface area contributed by atoms with Gasteiger partial charge in [0.1, 0.15) is 35.7 Å². The van der Waals surface area contributed by atoms with Gasteiger partial charge in [-0.1, -0.05) is 11.6 Å². The average Bonchev–Trinajstić information content (AvgIpc) is 2.99. The number of benzene rings is 2. The molecule has 1 N–H and O–H groups in total. The molecule has 44 heavy (non-hydrogen) atoms. The van der Waals surface area contributed by atoms with Gasteiger partial charge in [-0.15, -0.1) is 0 Å². The largest absolute Gasteiger partial charge is 0.480 e. The molecule has 0 saturated carbocycles. The average molecular weight is 644 g/mol. The maximum absolute atomic E-state index is 16.4. The Labute approximate surface area is 257 Å². The van der Waals surface area contributed by atoms with Gasteiger partial charge in [-0.2, -0.15) is 0 Å². The number of hydrogen-bond donors (Lipinski definition) is 1. The minimum Gasteiger partial charge on any atom is -0.480 e. The topological polar surface area (TPSA) is 135 Å². The highest BCUT2D eigenvalue weighted by Crippen LogP contribution is 2.36. The van der Waals surface area contributed by atoms with Gasteiger partial charge in [-0.3, -0.25) is 14.3 Å². The number of hydrogen-bond acceptors (Lipinski definition) is 9. The summed E-state index contributed by atoms with van der Waals surface area (Å²) < 4.78 is 71.7. The first-order valence-electron chi connectivity index (χ1n) is 13.6. The van der Waals surface area contributed by atoms with Crippen molar-refractivity contribution in [2.24, 2.45) is 0 Å². The Hall–Kier alpha value is -4.69. The number of halogens is 3. The summed E-state index contributed by atoms with van der Waals surface area (Å²) in [6.45, 7) is 2.43. The molecule has 0 aliphatic carbocycles. The summed E-state index contributed by atoms with van der Waals surface area (Å²) in [6, 6.07) is 7.07. The van der Waals surface area contributed by atoms with Crippen LogP contribution in [-0.4, -0.2) is 73.2 Å². The lowest BCUT2D eigenvalue weighted by Crippen LogP contribution is -2.48. The van der Waals surface area contributed by atoms with Gasteiger partial charge in [0.15, 0.2) is 5.78 Å². The number of rotatable bonds is 8. The smallest absolute Gasteiger partial charge is 0.263 e. The molecule has 228 valence electrons. The van der Waals surface area contributed by atoms with Crippen molar-refractivity contribution in [3.8, 4) is 17.0 Å². The number of nitrogens with zero attached hydrogens (tertiary/aromatic N) is 5. The van der Waals surface area contributed by atoms with E-state index >= 15 is 4.39 Å². The molecule has 0 bridgehead atoms. The highest BCUT2D eigenvalue weighted by molar-refractivity contribution is 7.92. The van der Waals surface area contributed by atoms with Crippen molar-refractivity contribution in [1.82, 2.24) is 19.9 Å². The Bertz CT molecular complexity index is 1970. The van der Waals surface area contributed by atoms with Crippen LogP contribution in [0.25, 0.3) is 22.0 Å². The Morgan fingerprint density at radius 1 is 1.07 bits per heavy atom. The van der Waals surface area contributed by atoms with E-state index in [9.17, 15) is 22.4 Å². The Morgan fingerprint density at radius 3 is 2.50 bits per heavy atom. The number of sulfonamides is 1. The summed E-state index contributed by atoms with van der Waals surface area (Å²) in [5.41, 5.74) is 0.241. The standard InChI is InChI=1S/C29H25ClF2N6O5S/c1-17(39)3-8-25(40)37-9-11-38(12-10-37)28-26-22(34-16-35-28)6-5-20(27(26)32)18-13-23(29(43-2)33-15-18)36-44(41,42)24-7-4-19(31)14-21(24)30/h3-8,13-16,36H,9-12H2,1-2H3/b8-3+/i16D. The van der Waals surface area contributed by atoms with E-state index in [2.05, 4.69) is 19.7 Å². The molecular weight excluding hydrogens is 618 g/mol. The van der Waals surface area contributed by atoms with Crippen molar-refractivity contribution in [2.45, 2.75) is 11.8 Å². The molecule has 0 radical (unpaired) electrons. The van der Waals surface area contributed by atoms with Crippen LogP contribution in [0.1, 0.15) is 8.29 Å². The molecule has 5 rings (SSSR count). The van der Waals surface area contributed by atoms with Crippen LogP contribution in [0.15, 0.2) is 65.9 Å². The number of methoxy groups -OCH3 is 1. The second-order valence-corrected chi connectivity index (χ2v) is 11.7. The predicted molar refractivity (Wildman–Crippen MR) is 160 cm³/mol. The van der Waals surface area contributed by atoms with Crippen molar-refractivity contribution in [3.63, 3.8) is 0 Å². The van der Waals surface area contributed by atoms with Crippen LogP contribution in [0, 0.1) is 11.6 Å². The Balaban J connectivity index is 1.50. The van der Waals surface area contributed by atoms with E-state index < -0.39 is 21.7 Å². The number of aromatic nitrogens is 3. The lowest BCUT2D eigenvalue weighted by Gasteiger charge is -2.35. The molecule has 2 aromatic heterocycles. The van der Waals surface area contributed by atoms with Gasteiger partial charge < -0.3 is 14.5 Å². The highest BCUT2D eigenvalue weighted by Gasteiger charge is 2.26. The predicted octanol–water partition coefficient (Wildman–Crippen LogP) is 4.23. The zero-order chi connectivity index (χ0) is 32.5. The number of carbonyl (C=O) groups excluding carboxylic acids is 2. The SMILES string of the molecule is [2H]c1nc(N2CCN(C(=O)/C=C/C(C)=O)CC2)c2c(F)c(-c3cnc(OC)c(NS(=O)(=O)c4ccc(F)cc4Cl)c3)ccc2n1. The molecule has 15 heteroatoms. The minimum absolute atomic E-state index is 0.0239. The normalized spacial score (nSPS) is 14.2. The first kappa shape index (κ1) is 29.4. The molecular formula is C29H25ClF2N6O5S. The lowest BCUT2D eigenvalue weighted by atomic mass is 10.0. The van der Waals surface area contributed by atoms with Crippen molar-refractivity contribution in [2.75, 3.05) is 42.9 Å². The lowest BCUT2D eigenvalue weighted by molar-refractivity contribution is -0.126. The first-order chi connectivity index (χ1) is 21.4. The summed E-state index contributed by atoms with van der Waals surface area (Å²) in [7, 11) is -3.07. The number of amides is 1. The number of pyridine rings is 1. The fraction of sp³-hybridized carbons (Fsp3) is 0.207. The quantitative estimate of drug-likeness (QED) is 0.280. The fourth-order valence-electron chi connectivity index (χ4n) is 4.67. The van der Waals surface area contributed by atoms with Gasteiger partial charge in [0.2, 0.25) is 11.8 Å². The van der Waals surface area contributed by atoms with Crippen LogP contribution < -0.4 is 14.4 Å². The molecule has 1 aliphatic rings. The summed E-state index contributed by atoms with van der Waals surface area (Å²) in [5, 5.41) is -0.319. The second kappa shape index (κ2) is 12.5. The molecule has 0 spiro atoms. The number of allylic oxidation sites excluding steroid dienone is 1. The molecule has 2 aromatic carbocycles.